The molecule has 6 heteroatoms. The van der Waals surface area contributed by atoms with Crippen molar-refractivity contribution in [3.63, 3.8) is 0 Å². The first-order valence-corrected chi connectivity index (χ1v) is 19.9. The molecule has 277 valence electrons. The topological polar surface area (TPSA) is 63.1 Å². The Bertz CT molecular complexity index is 2200. The second-order valence-electron chi connectivity index (χ2n) is 14.3. The molecule has 53 heavy (non-hydrogen) atoms. The molecule has 6 aromatic rings. The number of aromatic nitrogens is 2. The van der Waals surface area contributed by atoms with Crippen molar-refractivity contribution in [2.75, 3.05) is 0 Å². The fourth-order valence-electron chi connectivity index (χ4n) is 7.61. The van der Waals surface area contributed by atoms with E-state index in [2.05, 4.69) is 92.7 Å². The van der Waals surface area contributed by atoms with E-state index in [4.69, 9.17) is 9.97 Å². The van der Waals surface area contributed by atoms with Gasteiger partial charge in [-0.15, -0.1) is 34.9 Å². The van der Waals surface area contributed by atoms with Gasteiger partial charge in [0.2, 0.25) is 0 Å². The van der Waals surface area contributed by atoms with Gasteiger partial charge < -0.3 is 5.11 Å². The van der Waals surface area contributed by atoms with Gasteiger partial charge in [-0.2, -0.15) is 0 Å². The van der Waals surface area contributed by atoms with Gasteiger partial charge in [0, 0.05) is 71.2 Å². The molecule has 0 unspecified atom stereocenters. The Morgan fingerprint density at radius 3 is 2.21 bits per heavy atom. The van der Waals surface area contributed by atoms with Crippen LogP contribution in [0.1, 0.15) is 83.2 Å². The molecule has 0 aliphatic heterocycles. The summed E-state index contributed by atoms with van der Waals surface area (Å²) in [5.41, 5.74) is 9.77. The molecular formula is C47H51IrN2O2S-. The normalized spacial score (nSPS) is 12.4. The van der Waals surface area contributed by atoms with E-state index in [0.717, 1.165) is 67.3 Å². The summed E-state index contributed by atoms with van der Waals surface area (Å²) in [5, 5.41) is 13.3. The first-order valence-electron chi connectivity index (χ1n) is 19.1. The van der Waals surface area contributed by atoms with E-state index in [0.29, 0.717) is 5.92 Å². The number of fused-ring (bicyclic) bond motifs is 6. The summed E-state index contributed by atoms with van der Waals surface area (Å²) in [4.78, 5) is 23.1. The minimum atomic E-state index is 0. The number of carbonyl (C=O) groups is 1. The molecule has 1 aliphatic carbocycles. The van der Waals surface area contributed by atoms with Crippen molar-refractivity contribution >= 4 is 38.0 Å². The average molecular weight is 900 g/mol. The van der Waals surface area contributed by atoms with Crippen molar-refractivity contribution in [2.45, 2.75) is 86.5 Å². The van der Waals surface area contributed by atoms with Crippen LogP contribution in [0, 0.1) is 23.8 Å². The van der Waals surface area contributed by atoms with Crippen LogP contribution in [0.15, 0.2) is 97.0 Å². The Morgan fingerprint density at radius 1 is 0.849 bits per heavy atom. The standard InChI is InChI=1S/C34H27N2S.C13H24O2.Ir/c1-21(2)18-24-14-16-36-34-27(24)12-13-29-32(34)31-30(37-29)15-17-35-33(31)25-19-23-10-6-7-11-26(23)28(20-25)22-8-4-3-5-9-22;1-5-10(6-2)12(14)9-13(15)11(7-3)8-4;/h3-11,14-17,20-21H,12-13,18H2,1-2H3;9-11,14H,5-8H2,1-4H3;/q-1;;/b;12-9-;. The van der Waals surface area contributed by atoms with Crippen molar-refractivity contribution in [1.29, 1.82) is 0 Å². The van der Waals surface area contributed by atoms with Gasteiger partial charge in [-0.25, -0.2) is 0 Å². The molecule has 1 N–H and O–H groups in total. The van der Waals surface area contributed by atoms with Gasteiger partial charge in [0.25, 0.3) is 0 Å². The van der Waals surface area contributed by atoms with E-state index < -0.39 is 0 Å². The number of hydrogen-bond donors (Lipinski definition) is 1. The molecule has 1 radical (unpaired) electrons. The summed E-state index contributed by atoms with van der Waals surface area (Å²) < 4.78 is 1.28. The Kier molecular flexibility index (Phi) is 14.0. The maximum Gasteiger partial charge on any atom is 0.162 e. The number of aliphatic hydroxyl groups is 1. The van der Waals surface area contributed by atoms with Crippen molar-refractivity contribution in [3.8, 4) is 33.6 Å². The number of aryl methyl sites for hydroxylation is 1. The average Bonchev–Trinajstić information content (AvgIpc) is 3.55. The van der Waals surface area contributed by atoms with Gasteiger partial charge >= 0.3 is 0 Å². The fourth-order valence-corrected chi connectivity index (χ4v) is 8.81. The van der Waals surface area contributed by atoms with Crippen LogP contribution in [0.5, 0.6) is 0 Å². The van der Waals surface area contributed by atoms with Crippen LogP contribution in [0.25, 0.3) is 54.5 Å². The molecule has 4 nitrogen and oxygen atoms in total. The van der Waals surface area contributed by atoms with E-state index in [-0.39, 0.29) is 43.5 Å². The molecule has 0 spiro atoms. The smallest absolute Gasteiger partial charge is 0.162 e. The zero-order valence-electron chi connectivity index (χ0n) is 31.8. The zero-order chi connectivity index (χ0) is 36.8. The third-order valence-electron chi connectivity index (χ3n) is 10.5. The number of benzene rings is 3. The summed E-state index contributed by atoms with van der Waals surface area (Å²) in [7, 11) is 0. The van der Waals surface area contributed by atoms with Crippen LogP contribution in [0.3, 0.4) is 0 Å². The SMILES string of the molecule is CC(C)Cc1ccnc2c1CCc1sc3ccnc(-c4[c-]c5ccccc5c(-c5ccccc5)c4)c3c1-2.CCC(CC)C(=O)/C=C(\O)C(CC)CC.[Ir]. The van der Waals surface area contributed by atoms with Gasteiger partial charge in [-0.05, 0) is 85.1 Å². The van der Waals surface area contributed by atoms with Crippen LogP contribution in [-0.2, 0) is 44.2 Å². The first kappa shape index (κ1) is 40.2. The van der Waals surface area contributed by atoms with Gasteiger partial charge in [0.15, 0.2) is 5.78 Å². The summed E-state index contributed by atoms with van der Waals surface area (Å²) >= 11 is 1.90. The van der Waals surface area contributed by atoms with Crippen LogP contribution < -0.4 is 0 Å². The second kappa shape index (κ2) is 18.4. The Morgan fingerprint density at radius 2 is 1.51 bits per heavy atom. The largest absolute Gasteiger partial charge is 0.512 e. The second-order valence-corrected chi connectivity index (χ2v) is 15.5. The van der Waals surface area contributed by atoms with E-state index in [9.17, 15) is 9.90 Å². The number of hydrogen-bond acceptors (Lipinski definition) is 5. The van der Waals surface area contributed by atoms with Gasteiger partial charge in [0.05, 0.1) is 11.5 Å². The molecule has 0 bridgehead atoms. The molecule has 0 atom stereocenters. The Hall–Kier alpha value is -3.96. The minimum absolute atomic E-state index is 0. The van der Waals surface area contributed by atoms with Crippen molar-refractivity contribution < 1.29 is 30.0 Å². The number of aliphatic hydroxyl groups excluding tert-OH is 1. The molecule has 7 rings (SSSR count). The maximum atomic E-state index is 11.7. The monoisotopic (exact) mass is 900 g/mol. The molecule has 0 saturated heterocycles. The number of allylic oxidation sites excluding steroid dienone is 2. The molecule has 1 aliphatic rings. The third-order valence-corrected chi connectivity index (χ3v) is 11.7. The predicted molar refractivity (Wildman–Crippen MR) is 220 cm³/mol. The van der Waals surface area contributed by atoms with Crippen molar-refractivity contribution in [3.05, 3.63) is 119 Å². The van der Waals surface area contributed by atoms with Crippen molar-refractivity contribution in [2.24, 2.45) is 17.8 Å². The molecule has 0 fully saturated rings. The summed E-state index contributed by atoms with van der Waals surface area (Å²) in [6.45, 7) is 12.7. The van der Waals surface area contributed by atoms with Gasteiger partial charge in [0.1, 0.15) is 0 Å². The van der Waals surface area contributed by atoms with E-state index in [1.807, 2.05) is 51.4 Å². The summed E-state index contributed by atoms with van der Waals surface area (Å²) in [5.74, 6) is 1.17. The van der Waals surface area contributed by atoms with Gasteiger partial charge in [-0.1, -0.05) is 107 Å². The first-order chi connectivity index (χ1) is 25.3. The molecule has 0 amide bonds. The number of rotatable bonds is 11. The molecule has 0 saturated carbocycles. The van der Waals surface area contributed by atoms with E-state index in [1.54, 1.807) is 0 Å². The van der Waals surface area contributed by atoms with Crippen LogP contribution in [0.4, 0.5) is 0 Å². The summed E-state index contributed by atoms with van der Waals surface area (Å²) in [6, 6.07) is 29.6. The molecule has 3 heterocycles. The molecular weight excluding hydrogens is 849 g/mol. The van der Waals surface area contributed by atoms with E-state index in [1.165, 1.54) is 54.2 Å². The maximum absolute atomic E-state index is 11.7. The molecule has 3 aromatic heterocycles. The number of pyridine rings is 2. The zero-order valence-corrected chi connectivity index (χ0v) is 35.0. The third kappa shape index (κ3) is 8.72. The van der Waals surface area contributed by atoms with Crippen molar-refractivity contribution in [1.82, 2.24) is 9.97 Å². The fraction of sp³-hybridized carbons (Fsp3) is 0.340. The predicted octanol–water partition coefficient (Wildman–Crippen LogP) is 12.8. The number of nitrogens with zero attached hydrogens (tertiary/aromatic N) is 2. The van der Waals surface area contributed by atoms with Crippen LogP contribution in [-0.4, -0.2) is 20.9 Å². The van der Waals surface area contributed by atoms with Crippen LogP contribution >= 0.6 is 11.3 Å². The number of carbonyl (C=O) groups excluding carboxylic acids is 1. The quantitative estimate of drug-likeness (QED) is 0.0799. The Labute approximate surface area is 333 Å². The van der Waals surface area contributed by atoms with E-state index >= 15 is 0 Å². The van der Waals surface area contributed by atoms with Crippen LogP contribution in [0.2, 0.25) is 0 Å². The minimum Gasteiger partial charge on any atom is -0.512 e. The molecule has 3 aromatic carbocycles. The van der Waals surface area contributed by atoms with Gasteiger partial charge in [-0.3, -0.25) is 14.8 Å². The summed E-state index contributed by atoms with van der Waals surface area (Å²) in [6.07, 6.45) is 12.1. The number of ketones is 1. The number of thiophene rings is 1. The Balaban J connectivity index is 0.000000290.